The van der Waals surface area contributed by atoms with Gasteiger partial charge in [0.25, 0.3) is 0 Å². The second-order valence-corrected chi connectivity index (χ2v) is 6.23. The van der Waals surface area contributed by atoms with E-state index in [9.17, 15) is 22.4 Å². The fraction of sp³-hybridized carbons (Fsp3) is 0.588. The predicted octanol–water partition coefficient (Wildman–Crippen LogP) is 4.38. The second-order valence-electron chi connectivity index (χ2n) is 6.23. The maximum Gasteiger partial charge on any atom is 0.391 e. The summed E-state index contributed by atoms with van der Waals surface area (Å²) >= 11 is 0. The first-order valence-electron chi connectivity index (χ1n) is 7.93. The molecule has 7 heteroatoms. The van der Waals surface area contributed by atoms with Gasteiger partial charge in [0.1, 0.15) is 0 Å². The van der Waals surface area contributed by atoms with Crippen molar-refractivity contribution in [2.45, 2.75) is 44.8 Å². The average molecular weight is 347 g/mol. The minimum absolute atomic E-state index is 0.0759. The Morgan fingerprint density at radius 2 is 2.04 bits per heavy atom. The largest absolute Gasteiger partial charge is 0.494 e. The van der Waals surface area contributed by atoms with Crippen molar-refractivity contribution in [2.75, 3.05) is 7.11 Å². The van der Waals surface area contributed by atoms with Gasteiger partial charge in [0.2, 0.25) is 5.91 Å². The Bertz CT molecular complexity index is 588. The summed E-state index contributed by atoms with van der Waals surface area (Å²) in [5.41, 5.74) is 0.532. The molecule has 1 aromatic rings. The second kappa shape index (κ2) is 7.40. The Hall–Kier alpha value is -1.79. The Morgan fingerprint density at radius 1 is 1.33 bits per heavy atom. The van der Waals surface area contributed by atoms with E-state index in [-0.39, 0.29) is 18.6 Å². The Labute approximate surface area is 138 Å². The number of halogens is 4. The summed E-state index contributed by atoms with van der Waals surface area (Å²) in [4.78, 5) is 12.3. The van der Waals surface area contributed by atoms with Gasteiger partial charge in [-0.15, -0.1) is 0 Å². The quantitative estimate of drug-likeness (QED) is 0.821. The van der Waals surface area contributed by atoms with Crippen LogP contribution in [-0.4, -0.2) is 19.2 Å². The van der Waals surface area contributed by atoms with Crippen LogP contribution in [0.25, 0.3) is 0 Å². The molecule has 1 aromatic carbocycles. The summed E-state index contributed by atoms with van der Waals surface area (Å²) in [5, 5.41) is 2.69. The third-order valence-corrected chi connectivity index (χ3v) is 4.54. The van der Waals surface area contributed by atoms with E-state index in [4.69, 9.17) is 4.74 Å². The summed E-state index contributed by atoms with van der Waals surface area (Å²) < 4.78 is 57.1. The van der Waals surface area contributed by atoms with Crippen molar-refractivity contribution in [3.05, 3.63) is 29.6 Å². The van der Waals surface area contributed by atoms with Gasteiger partial charge in [0.05, 0.1) is 19.1 Å². The van der Waals surface area contributed by atoms with E-state index >= 15 is 0 Å². The molecule has 0 heterocycles. The van der Waals surface area contributed by atoms with Crippen LogP contribution >= 0.6 is 0 Å². The Morgan fingerprint density at radius 3 is 2.62 bits per heavy atom. The topological polar surface area (TPSA) is 38.3 Å². The molecule has 0 aliphatic heterocycles. The zero-order valence-electron chi connectivity index (χ0n) is 13.6. The van der Waals surface area contributed by atoms with Gasteiger partial charge in [0.15, 0.2) is 11.6 Å². The molecule has 24 heavy (non-hydrogen) atoms. The van der Waals surface area contributed by atoms with E-state index < -0.39 is 35.8 Å². The number of ether oxygens (including phenoxy) is 1. The van der Waals surface area contributed by atoms with Crippen LogP contribution < -0.4 is 10.1 Å². The van der Waals surface area contributed by atoms with Crippen molar-refractivity contribution in [1.29, 1.82) is 0 Å². The molecule has 1 aliphatic carbocycles. The first kappa shape index (κ1) is 18.5. The normalized spacial score (nSPS) is 22.8. The first-order chi connectivity index (χ1) is 11.2. The SMILES string of the molecule is COc1ccc(C(C)NC(=O)C2CCCC(C(F)(F)F)C2)cc1F. The van der Waals surface area contributed by atoms with Crippen molar-refractivity contribution in [1.82, 2.24) is 5.32 Å². The number of hydrogen-bond donors (Lipinski definition) is 1. The van der Waals surface area contributed by atoms with Crippen LogP contribution in [0.4, 0.5) is 17.6 Å². The van der Waals surface area contributed by atoms with Crippen molar-refractivity contribution < 1.29 is 27.1 Å². The molecule has 1 saturated carbocycles. The highest BCUT2D eigenvalue weighted by Crippen LogP contribution is 2.40. The number of rotatable bonds is 4. The molecule has 3 atom stereocenters. The van der Waals surface area contributed by atoms with Gasteiger partial charge in [-0.2, -0.15) is 13.2 Å². The van der Waals surface area contributed by atoms with E-state index in [0.29, 0.717) is 18.4 Å². The monoisotopic (exact) mass is 347 g/mol. The fourth-order valence-corrected chi connectivity index (χ4v) is 3.09. The fourth-order valence-electron chi connectivity index (χ4n) is 3.09. The van der Waals surface area contributed by atoms with E-state index in [2.05, 4.69) is 5.32 Å². The molecule has 1 N–H and O–H groups in total. The molecule has 3 nitrogen and oxygen atoms in total. The van der Waals surface area contributed by atoms with E-state index in [1.807, 2.05) is 0 Å². The minimum Gasteiger partial charge on any atom is -0.494 e. The van der Waals surface area contributed by atoms with Gasteiger partial charge in [0, 0.05) is 5.92 Å². The van der Waals surface area contributed by atoms with Gasteiger partial charge in [-0.25, -0.2) is 4.39 Å². The number of methoxy groups -OCH3 is 1. The van der Waals surface area contributed by atoms with Crippen LogP contribution in [0, 0.1) is 17.7 Å². The standard InChI is InChI=1S/C17H21F4NO2/c1-10(11-6-7-15(24-2)14(18)9-11)22-16(23)12-4-3-5-13(8-12)17(19,20)21/h6-7,9-10,12-13H,3-5,8H2,1-2H3,(H,22,23). The maximum atomic E-state index is 13.7. The van der Waals surface area contributed by atoms with Crippen molar-refractivity contribution in [3.8, 4) is 5.75 Å². The van der Waals surface area contributed by atoms with E-state index in [1.165, 1.54) is 19.2 Å². The van der Waals surface area contributed by atoms with Gasteiger partial charge in [-0.3, -0.25) is 4.79 Å². The lowest BCUT2D eigenvalue weighted by Gasteiger charge is -2.30. The smallest absolute Gasteiger partial charge is 0.391 e. The van der Waals surface area contributed by atoms with E-state index in [0.717, 1.165) is 0 Å². The molecule has 1 amide bonds. The lowest BCUT2D eigenvalue weighted by atomic mass is 9.80. The number of amides is 1. The summed E-state index contributed by atoms with van der Waals surface area (Å²) in [7, 11) is 1.35. The minimum atomic E-state index is -4.26. The van der Waals surface area contributed by atoms with Gasteiger partial charge < -0.3 is 10.1 Å². The molecule has 134 valence electrons. The van der Waals surface area contributed by atoms with Crippen molar-refractivity contribution >= 4 is 5.91 Å². The first-order valence-corrected chi connectivity index (χ1v) is 7.93. The molecular weight excluding hydrogens is 326 g/mol. The molecule has 2 rings (SSSR count). The molecular formula is C17H21F4NO2. The number of benzene rings is 1. The number of nitrogens with one attached hydrogen (secondary N) is 1. The number of carbonyl (C=O) groups excluding carboxylic acids is 1. The molecule has 0 radical (unpaired) electrons. The Balaban J connectivity index is 1.99. The average Bonchev–Trinajstić information content (AvgIpc) is 2.54. The summed E-state index contributed by atoms with van der Waals surface area (Å²) in [6.07, 6.45) is -3.54. The maximum absolute atomic E-state index is 13.7. The van der Waals surface area contributed by atoms with Crippen LogP contribution in [0.3, 0.4) is 0 Å². The van der Waals surface area contributed by atoms with E-state index in [1.54, 1.807) is 13.0 Å². The van der Waals surface area contributed by atoms with Crippen LogP contribution in [0.1, 0.15) is 44.2 Å². The summed E-state index contributed by atoms with van der Waals surface area (Å²) in [6.45, 7) is 1.67. The Kier molecular flexibility index (Phi) is 5.72. The van der Waals surface area contributed by atoms with Crippen molar-refractivity contribution in [2.24, 2.45) is 11.8 Å². The molecule has 0 aromatic heterocycles. The number of carbonyl (C=O) groups is 1. The van der Waals surface area contributed by atoms with Crippen LogP contribution in [0.2, 0.25) is 0 Å². The van der Waals surface area contributed by atoms with Crippen LogP contribution in [0.5, 0.6) is 5.75 Å². The number of hydrogen-bond acceptors (Lipinski definition) is 2. The number of alkyl halides is 3. The highest BCUT2D eigenvalue weighted by atomic mass is 19.4. The van der Waals surface area contributed by atoms with Gasteiger partial charge in [-0.05, 0) is 43.9 Å². The highest BCUT2D eigenvalue weighted by Gasteiger charge is 2.43. The molecule has 3 unspecified atom stereocenters. The predicted molar refractivity (Wildman–Crippen MR) is 81.0 cm³/mol. The molecule has 1 fully saturated rings. The third-order valence-electron chi connectivity index (χ3n) is 4.54. The summed E-state index contributed by atoms with van der Waals surface area (Å²) in [5.74, 6) is -2.94. The van der Waals surface area contributed by atoms with Gasteiger partial charge >= 0.3 is 6.18 Å². The summed E-state index contributed by atoms with van der Waals surface area (Å²) in [6, 6.07) is 3.83. The highest BCUT2D eigenvalue weighted by molar-refractivity contribution is 5.79. The molecule has 0 saturated heterocycles. The molecule has 1 aliphatic rings. The zero-order valence-corrected chi connectivity index (χ0v) is 13.6. The van der Waals surface area contributed by atoms with Crippen LogP contribution in [0.15, 0.2) is 18.2 Å². The zero-order chi connectivity index (χ0) is 17.9. The van der Waals surface area contributed by atoms with Crippen molar-refractivity contribution in [3.63, 3.8) is 0 Å². The third kappa shape index (κ3) is 4.39. The molecule has 0 spiro atoms. The molecule has 0 bridgehead atoms. The lowest BCUT2D eigenvalue weighted by Crippen LogP contribution is -2.38. The van der Waals surface area contributed by atoms with Gasteiger partial charge in [-0.1, -0.05) is 12.5 Å². The lowest BCUT2D eigenvalue weighted by molar-refractivity contribution is -0.186. The van der Waals surface area contributed by atoms with Crippen LogP contribution in [-0.2, 0) is 4.79 Å².